The first-order valence-corrected chi connectivity index (χ1v) is 12.4. The van der Waals surface area contributed by atoms with E-state index in [0.717, 1.165) is 16.4 Å². The summed E-state index contributed by atoms with van der Waals surface area (Å²) < 4.78 is 5.61. The van der Waals surface area contributed by atoms with E-state index < -0.39 is 35.6 Å². The maximum absolute atomic E-state index is 13.2. The van der Waals surface area contributed by atoms with Crippen molar-refractivity contribution in [2.24, 2.45) is 12.2 Å². The minimum Gasteiger partial charge on any atom is -0.543 e. The average molecular weight is 539 g/mol. The summed E-state index contributed by atoms with van der Waals surface area (Å²) in [4.78, 5) is 55.9. The lowest BCUT2D eigenvalue weighted by Gasteiger charge is -2.51. The highest BCUT2D eigenvalue weighted by atomic mass is 32.1. The van der Waals surface area contributed by atoms with Crippen LogP contribution in [-0.2, 0) is 26.2 Å². The Morgan fingerprint density at radius 2 is 2.16 bits per heavy atom. The van der Waals surface area contributed by atoms with E-state index >= 15 is 0 Å². The van der Waals surface area contributed by atoms with Gasteiger partial charge in [-0.25, -0.2) is 4.57 Å². The number of rotatable bonds is 6. The summed E-state index contributed by atoms with van der Waals surface area (Å²) in [5.41, 5.74) is 6.48. The lowest BCUT2D eigenvalue weighted by Crippen LogP contribution is -2.72. The van der Waals surface area contributed by atoms with Gasteiger partial charge in [0.15, 0.2) is 17.5 Å². The van der Waals surface area contributed by atoms with E-state index in [2.05, 4.69) is 25.1 Å². The number of anilines is 1. The fourth-order valence-corrected chi connectivity index (χ4v) is 5.49. The van der Waals surface area contributed by atoms with Crippen LogP contribution in [0.15, 0.2) is 46.5 Å². The number of aryl methyl sites for hydroxylation is 1. The van der Waals surface area contributed by atoms with E-state index in [4.69, 9.17) is 5.73 Å². The van der Waals surface area contributed by atoms with Gasteiger partial charge in [0.05, 0.1) is 17.7 Å². The van der Waals surface area contributed by atoms with E-state index in [-0.39, 0.29) is 29.0 Å². The maximum atomic E-state index is 13.2. The average Bonchev–Trinajstić information content (AvgIpc) is 3.50. The van der Waals surface area contributed by atoms with Crippen molar-refractivity contribution in [3.05, 3.63) is 52.8 Å². The fourth-order valence-electron chi connectivity index (χ4n) is 5.05. The fraction of sp³-hybridized carbons (Fsp3) is 0.304. The Labute approximate surface area is 219 Å². The molecule has 0 bridgehead atoms. The number of carboxylic acid groups (broad SMARTS) is 1. The monoisotopic (exact) mass is 538 g/mol. The molecule has 196 valence electrons. The minimum atomic E-state index is -1.57. The Hall–Kier alpha value is -4.66. The molecule has 2 aromatic rings. The van der Waals surface area contributed by atoms with Crippen molar-refractivity contribution in [2.45, 2.75) is 31.3 Å². The molecule has 38 heavy (non-hydrogen) atoms. The molecule has 0 spiro atoms. The molecule has 5 N–H and O–H groups in total. The van der Waals surface area contributed by atoms with Crippen LogP contribution in [0.25, 0.3) is 5.57 Å². The SMILES string of the molecule is C[n+]1cccc(C(=C2CCNC2=O)C2=C(C(=O)[O-])N3C(=O)[C@@H](NC(=O)C(=NO)c4nsc(N)n4)[C@H]3CC2)c1. The summed E-state index contributed by atoms with van der Waals surface area (Å²) in [7, 11) is 1.80. The Kier molecular flexibility index (Phi) is 6.36. The van der Waals surface area contributed by atoms with Crippen LogP contribution in [0.5, 0.6) is 0 Å². The van der Waals surface area contributed by atoms with Gasteiger partial charge in [0.2, 0.25) is 17.4 Å². The minimum absolute atomic E-state index is 0.0521. The second-order valence-corrected chi connectivity index (χ2v) is 9.69. The second-order valence-electron chi connectivity index (χ2n) is 8.90. The molecule has 2 saturated heterocycles. The van der Waals surface area contributed by atoms with Crippen molar-refractivity contribution < 1.29 is 34.1 Å². The molecule has 0 aliphatic carbocycles. The van der Waals surface area contributed by atoms with Gasteiger partial charge < -0.3 is 36.4 Å². The molecule has 14 nitrogen and oxygen atoms in total. The third kappa shape index (κ3) is 4.15. The molecular weight excluding hydrogens is 516 g/mol. The molecule has 2 fully saturated rings. The van der Waals surface area contributed by atoms with Gasteiger partial charge >= 0.3 is 0 Å². The van der Waals surface area contributed by atoms with Crippen molar-refractivity contribution in [1.29, 1.82) is 0 Å². The van der Waals surface area contributed by atoms with E-state index in [1.54, 1.807) is 36.1 Å². The molecule has 5 heterocycles. The molecular formula is C23H22N8O6S. The predicted octanol–water partition coefficient (Wildman–Crippen LogP) is -2.41. The van der Waals surface area contributed by atoms with Gasteiger partial charge in [-0.2, -0.15) is 9.36 Å². The normalized spacial score (nSPS) is 22.6. The Morgan fingerprint density at radius 3 is 2.76 bits per heavy atom. The Bertz CT molecular complexity index is 1480. The van der Waals surface area contributed by atoms with Crippen LogP contribution in [0.3, 0.4) is 0 Å². The summed E-state index contributed by atoms with van der Waals surface area (Å²) in [5.74, 6) is -3.68. The molecule has 2 aromatic heterocycles. The first-order chi connectivity index (χ1) is 18.2. The number of pyridine rings is 1. The van der Waals surface area contributed by atoms with Gasteiger partial charge in [0.1, 0.15) is 13.1 Å². The third-order valence-corrected chi connectivity index (χ3v) is 7.19. The zero-order valence-electron chi connectivity index (χ0n) is 20.0. The molecule has 2 atom stereocenters. The van der Waals surface area contributed by atoms with Crippen LogP contribution in [0, 0.1) is 0 Å². The summed E-state index contributed by atoms with van der Waals surface area (Å²) in [5, 5.41) is 29.9. The van der Waals surface area contributed by atoms with Gasteiger partial charge in [0.25, 0.3) is 11.8 Å². The molecule has 3 aliphatic heterocycles. The molecule has 5 rings (SSSR count). The Morgan fingerprint density at radius 1 is 1.37 bits per heavy atom. The zero-order valence-corrected chi connectivity index (χ0v) is 20.8. The first-order valence-electron chi connectivity index (χ1n) is 11.6. The van der Waals surface area contributed by atoms with Crippen molar-refractivity contribution in [3.8, 4) is 0 Å². The number of hydrogen-bond acceptors (Lipinski definition) is 11. The third-order valence-electron chi connectivity index (χ3n) is 6.65. The smallest absolute Gasteiger partial charge is 0.278 e. The van der Waals surface area contributed by atoms with Crippen LogP contribution in [-0.4, -0.2) is 67.5 Å². The molecule has 0 unspecified atom stereocenters. The number of fused-ring (bicyclic) bond motifs is 1. The van der Waals surface area contributed by atoms with Gasteiger partial charge in [0, 0.05) is 40.9 Å². The number of oxime groups is 1. The van der Waals surface area contributed by atoms with E-state index in [9.17, 15) is 29.5 Å². The van der Waals surface area contributed by atoms with Gasteiger partial charge in [-0.05, 0) is 30.9 Å². The number of nitrogens with zero attached hydrogens (tertiary/aromatic N) is 5. The number of amides is 3. The van der Waals surface area contributed by atoms with E-state index in [1.807, 2.05) is 0 Å². The molecule has 15 heteroatoms. The Balaban J connectivity index is 1.50. The van der Waals surface area contributed by atoms with Crippen molar-refractivity contribution in [2.75, 3.05) is 12.3 Å². The van der Waals surface area contributed by atoms with Crippen LogP contribution >= 0.6 is 11.5 Å². The number of aromatic nitrogens is 3. The van der Waals surface area contributed by atoms with Gasteiger partial charge in [-0.3, -0.25) is 14.4 Å². The lowest BCUT2D eigenvalue weighted by molar-refractivity contribution is -0.671. The molecule has 0 aromatic carbocycles. The molecule has 3 amide bonds. The van der Waals surface area contributed by atoms with E-state index in [0.29, 0.717) is 41.7 Å². The van der Waals surface area contributed by atoms with Crippen LogP contribution in [0.4, 0.5) is 5.13 Å². The molecule has 3 aliphatic rings. The predicted molar refractivity (Wildman–Crippen MR) is 129 cm³/mol. The summed E-state index contributed by atoms with van der Waals surface area (Å²) in [6.07, 6.45) is 4.48. The maximum Gasteiger partial charge on any atom is 0.278 e. The van der Waals surface area contributed by atoms with Crippen LogP contribution in [0.2, 0.25) is 0 Å². The summed E-state index contributed by atoms with van der Waals surface area (Å²) in [6.45, 7) is 0.415. The highest BCUT2D eigenvalue weighted by Crippen LogP contribution is 2.43. The highest BCUT2D eigenvalue weighted by molar-refractivity contribution is 7.09. The number of carbonyl (C=O) groups excluding carboxylic acids is 4. The van der Waals surface area contributed by atoms with Gasteiger partial charge in [-0.1, -0.05) is 5.16 Å². The number of carbonyl (C=O) groups is 4. The van der Waals surface area contributed by atoms with Gasteiger partial charge in [-0.15, -0.1) is 0 Å². The number of allylic oxidation sites excluding steroid dienone is 2. The number of β-lactam (4-membered cyclic amide) rings is 1. The number of nitrogen functional groups attached to an aromatic ring is 1. The number of carboxylic acids is 1. The van der Waals surface area contributed by atoms with Crippen molar-refractivity contribution >= 4 is 51.6 Å². The summed E-state index contributed by atoms with van der Waals surface area (Å²) >= 11 is 0.796. The lowest BCUT2D eigenvalue weighted by atomic mass is 9.79. The highest BCUT2D eigenvalue weighted by Gasteiger charge is 2.53. The van der Waals surface area contributed by atoms with Crippen molar-refractivity contribution in [1.82, 2.24) is 24.9 Å². The van der Waals surface area contributed by atoms with Crippen molar-refractivity contribution in [3.63, 3.8) is 0 Å². The largest absolute Gasteiger partial charge is 0.543 e. The first kappa shape index (κ1) is 25.0. The van der Waals surface area contributed by atoms with E-state index in [1.165, 1.54) is 0 Å². The number of aliphatic carboxylic acids is 1. The van der Waals surface area contributed by atoms with Crippen LogP contribution in [0.1, 0.15) is 30.7 Å². The topological polar surface area (TPSA) is 207 Å². The second kappa shape index (κ2) is 9.66. The van der Waals surface area contributed by atoms with Crippen LogP contribution < -0.4 is 26.0 Å². The quantitative estimate of drug-likeness (QED) is 0.0770. The summed E-state index contributed by atoms with van der Waals surface area (Å²) in [6, 6.07) is 1.79. The number of nitrogens with two attached hydrogens (primary N) is 1. The number of nitrogens with one attached hydrogen (secondary N) is 2. The zero-order chi connectivity index (χ0) is 27.1. The molecule has 0 radical (unpaired) electrons. The number of hydrogen-bond donors (Lipinski definition) is 4. The standard InChI is InChI=1S/C23H22N8O6S/c1-30-8-2-3-10(9-30)14(12-6-7-25-19(12)32)11-4-5-13-15(21(34)31(13)17(11)22(35)36)26-20(33)16(28-37)18-27-23(24)38-29-18/h2-3,8-9,13,15H,4-7H2,1H3,(H5-,24,25,26,27,29,32,33,35,36,37)/t13-,15+/m1/s1. The molecule has 0 saturated carbocycles.